The molecule has 3 aromatic rings. The molecule has 0 aliphatic rings. The summed E-state index contributed by atoms with van der Waals surface area (Å²) in [4.78, 5) is 15.5. The molecule has 3 rings (SSSR count). The van der Waals surface area contributed by atoms with Crippen molar-refractivity contribution in [2.75, 3.05) is 5.32 Å². The Morgan fingerprint density at radius 3 is 2.67 bits per heavy atom. The molecule has 24 heavy (non-hydrogen) atoms. The fourth-order valence-corrected chi connectivity index (χ4v) is 2.54. The van der Waals surface area contributed by atoms with E-state index in [-0.39, 0.29) is 5.57 Å². The lowest BCUT2D eigenvalue weighted by Gasteiger charge is -2.05. The molecule has 0 spiro atoms. The van der Waals surface area contributed by atoms with E-state index in [1.54, 1.807) is 12.3 Å². The quantitative estimate of drug-likeness (QED) is 0.557. The highest BCUT2D eigenvalue weighted by molar-refractivity contribution is 6.10. The molecular weight excluding hydrogens is 298 g/mol. The van der Waals surface area contributed by atoms with Gasteiger partial charge in [-0.1, -0.05) is 37.3 Å². The first kappa shape index (κ1) is 15.6. The van der Waals surface area contributed by atoms with Crippen LogP contribution in [0.3, 0.4) is 0 Å². The number of nitriles is 1. The number of nitrogens with zero attached hydrogens (tertiary/aromatic N) is 1. The molecule has 2 N–H and O–H groups in total. The largest absolute Gasteiger partial charge is 0.361 e. The second-order valence-electron chi connectivity index (χ2n) is 5.46. The molecule has 1 amide bonds. The number of rotatable bonds is 4. The summed E-state index contributed by atoms with van der Waals surface area (Å²) in [5.41, 5.74) is 3.73. The Kier molecular flexibility index (Phi) is 4.44. The molecule has 0 aliphatic heterocycles. The molecule has 0 atom stereocenters. The van der Waals surface area contributed by atoms with Crippen molar-refractivity contribution in [3.05, 3.63) is 71.4 Å². The van der Waals surface area contributed by atoms with Gasteiger partial charge < -0.3 is 10.3 Å². The zero-order valence-electron chi connectivity index (χ0n) is 13.3. The van der Waals surface area contributed by atoms with E-state index in [2.05, 4.69) is 17.2 Å². The molecule has 118 valence electrons. The van der Waals surface area contributed by atoms with Gasteiger partial charge in [-0.05, 0) is 36.3 Å². The van der Waals surface area contributed by atoms with E-state index >= 15 is 0 Å². The summed E-state index contributed by atoms with van der Waals surface area (Å²) >= 11 is 0. The van der Waals surface area contributed by atoms with Crippen LogP contribution in [0.4, 0.5) is 5.69 Å². The third kappa shape index (κ3) is 3.21. The summed E-state index contributed by atoms with van der Waals surface area (Å²) < 4.78 is 0. The number of hydrogen-bond acceptors (Lipinski definition) is 2. The summed E-state index contributed by atoms with van der Waals surface area (Å²) in [5.74, 6) is -0.410. The van der Waals surface area contributed by atoms with E-state index < -0.39 is 5.91 Å². The predicted molar refractivity (Wildman–Crippen MR) is 96.3 cm³/mol. The van der Waals surface area contributed by atoms with Crippen LogP contribution in [0.1, 0.15) is 18.1 Å². The molecule has 0 radical (unpaired) electrons. The number of aryl methyl sites for hydroxylation is 1. The van der Waals surface area contributed by atoms with Crippen LogP contribution in [0.5, 0.6) is 0 Å². The summed E-state index contributed by atoms with van der Waals surface area (Å²) in [6, 6.07) is 17.4. The lowest BCUT2D eigenvalue weighted by Crippen LogP contribution is -2.13. The van der Waals surface area contributed by atoms with E-state index in [4.69, 9.17) is 0 Å². The summed E-state index contributed by atoms with van der Waals surface area (Å²) in [5, 5.41) is 13.1. The van der Waals surface area contributed by atoms with Crippen LogP contribution in [0, 0.1) is 11.3 Å². The molecule has 0 fully saturated rings. The van der Waals surface area contributed by atoms with Crippen molar-refractivity contribution in [1.29, 1.82) is 5.26 Å². The molecule has 2 aromatic carbocycles. The van der Waals surface area contributed by atoms with Crippen LogP contribution >= 0.6 is 0 Å². The van der Waals surface area contributed by atoms with Crippen LogP contribution in [0.2, 0.25) is 0 Å². The standard InChI is InChI=1S/C20H17N3O/c1-2-14-7-9-17(10-8-14)23-20(24)15(12-21)11-16-13-22-19-6-4-3-5-18(16)19/h3-11,13,22H,2H2,1H3,(H,23,24)/b15-11-. The van der Waals surface area contributed by atoms with E-state index in [9.17, 15) is 10.1 Å². The Bertz CT molecular complexity index is 943. The number of carbonyl (C=O) groups excluding carboxylic acids is 1. The lowest BCUT2D eigenvalue weighted by atomic mass is 10.1. The number of hydrogen-bond donors (Lipinski definition) is 2. The Balaban J connectivity index is 1.84. The summed E-state index contributed by atoms with van der Waals surface area (Å²) in [7, 11) is 0. The average molecular weight is 315 g/mol. The Labute approximate surface area is 140 Å². The number of amides is 1. The number of fused-ring (bicyclic) bond motifs is 1. The molecule has 0 saturated heterocycles. The first-order valence-electron chi connectivity index (χ1n) is 7.79. The number of para-hydroxylation sites is 1. The van der Waals surface area contributed by atoms with E-state index in [0.717, 1.165) is 22.9 Å². The number of nitrogens with one attached hydrogen (secondary N) is 2. The number of carbonyl (C=O) groups is 1. The van der Waals surface area contributed by atoms with Crippen molar-refractivity contribution in [3.8, 4) is 6.07 Å². The van der Waals surface area contributed by atoms with Crippen LogP contribution in [0.25, 0.3) is 17.0 Å². The summed E-state index contributed by atoms with van der Waals surface area (Å²) in [6.07, 6.45) is 4.35. The number of anilines is 1. The first-order chi connectivity index (χ1) is 11.7. The maximum absolute atomic E-state index is 12.3. The van der Waals surface area contributed by atoms with Gasteiger partial charge in [0.05, 0.1) is 0 Å². The van der Waals surface area contributed by atoms with Crippen LogP contribution in [-0.4, -0.2) is 10.9 Å². The minimum Gasteiger partial charge on any atom is -0.361 e. The zero-order valence-corrected chi connectivity index (χ0v) is 13.3. The second kappa shape index (κ2) is 6.84. The normalized spacial score (nSPS) is 11.2. The number of aromatic nitrogens is 1. The van der Waals surface area contributed by atoms with Gasteiger partial charge >= 0.3 is 0 Å². The molecule has 0 saturated carbocycles. The van der Waals surface area contributed by atoms with Crippen molar-refractivity contribution in [2.45, 2.75) is 13.3 Å². The SMILES string of the molecule is CCc1ccc(NC(=O)/C(C#N)=C\c2c[nH]c3ccccc23)cc1. The highest BCUT2D eigenvalue weighted by atomic mass is 16.1. The van der Waals surface area contributed by atoms with Crippen LogP contribution in [-0.2, 0) is 11.2 Å². The Morgan fingerprint density at radius 2 is 1.96 bits per heavy atom. The van der Waals surface area contributed by atoms with Crippen LogP contribution in [0.15, 0.2) is 60.3 Å². The van der Waals surface area contributed by atoms with Crippen molar-refractivity contribution < 1.29 is 4.79 Å². The van der Waals surface area contributed by atoms with Crippen LogP contribution < -0.4 is 5.32 Å². The van der Waals surface area contributed by atoms with Gasteiger partial charge in [-0.3, -0.25) is 4.79 Å². The molecule has 0 bridgehead atoms. The maximum atomic E-state index is 12.3. The fourth-order valence-electron chi connectivity index (χ4n) is 2.54. The van der Waals surface area contributed by atoms with Crippen molar-refractivity contribution >= 4 is 28.6 Å². The van der Waals surface area contributed by atoms with Gasteiger partial charge in [0.1, 0.15) is 11.6 Å². The monoisotopic (exact) mass is 315 g/mol. The molecule has 4 nitrogen and oxygen atoms in total. The average Bonchev–Trinajstić information content (AvgIpc) is 3.03. The van der Waals surface area contributed by atoms with Crippen molar-refractivity contribution in [3.63, 3.8) is 0 Å². The highest BCUT2D eigenvalue weighted by Crippen LogP contribution is 2.20. The van der Waals surface area contributed by atoms with E-state index in [0.29, 0.717) is 5.69 Å². The van der Waals surface area contributed by atoms with Crippen molar-refractivity contribution in [1.82, 2.24) is 4.98 Å². The smallest absolute Gasteiger partial charge is 0.266 e. The van der Waals surface area contributed by atoms with Gasteiger partial charge in [0.15, 0.2) is 0 Å². The third-order valence-corrected chi connectivity index (χ3v) is 3.91. The third-order valence-electron chi connectivity index (χ3n) is 3.91. The number of benzene rings is 2. The molecular formula is C20H17N3O. The Morgan fingerprint density at radius 1 is 1.21 bits per heavy atom. The minimum atomic E-state index is -0.410. The molecule has 0 unspecified atom stereocenters. The minimum absolute atomic E-state index is 0.0688. The van der Waals surface area contributed by atoms with Gasteiger partial charge in [0, 0.05) is 28.4 Å². The van der Waals surface area contributed by atoms with E-state index in [1.165, 1.54) is 5.56 Å². The van der Waals surface area contributed by atoms with Gasteiger partial charge in [-0.15, -0.1) is 0 Å². The number of H-pyrrole nitrogens is 1. The topological polar surface area (TPSA) is 68.7 Å². The first-order valence-corrected chi connectivity index (χ1v) is 7.79. The fraction of sp³-hybridized carbons (Fsp3) is 0.100. The molecule has 4 heteroatoms. The maximum Gasteiger partial charge on any atom is 0.266 e. The zero-order chi connectivity index (χ0) is 16.9. The highest BCUT2D eigenvalue weighted by Gasteiger charge is 2.11. The summed E-state index contributed by atoms with van der Waals surface area (Å²) in [6.45, 7) is 2.07. The Hall–Kier alpha value is -3.32. The molecule has 1 aromatic heterocycles. The van der Waals surface area contributed by atoms with Gasteiger partial charge in [-0.25, -0.2) is 0 Å². The predicted octanol–water partition coefficient (Wildman–Crippen LogP) is 4.28. The van der Waals surface area contributed by atoms with Gasteiger partial charge in [0.2, 0.25) is 0 Å². The van der Waals surface area contributed by atoms with Gasteiger partial charge in [-0.2, -0.15) is 5.26 Å². The molecule has 1 heterocycles. The molecule has 0 aliphatic carbocycles. The van der Waals surface area contributed by atoms with Gasteiger partial charge in [0.25, 0.3) is 5.91 Å². The lowest BCUT2D eigenvalue weighted by molar-refractivity contribution is -0.112. The van der Waals surface area contributed by atoms with E-state index in [1.807, 2.05) is 54.6 Å². The van der Waals surface area contributed by atoms with Crippen molar-refractivity contribution in [2.24, 2.45) is 0 Å². The second-order valence-corrected chi connectivity index (χ2v) is 5.46. The number of aromatic amines is 1.